The molecule has 0 spiro atoms. The average molecular weight is 547 g/mol. The van der Waals surface area contributed by atoms with Crippen LogP contribution < -0.4 is 10.6 Å². The molecule has 4 rings (SSSR count). The first kappa shape index (κ1) is 28.5. The molecule has 0 radical (unpaired) electrons. The minimum Gasteiger partial charge on any atom is -0.510 e. The van der Waals surface area contributed by atoms with Crippen LogP contribution in [0.15, 0.2) is 28.7 Å². The second-order valence-corrected chi connectivity index (χ2v) is 11.0. The number of phenolic OH excluding ortho intramolecular Hbond substituents is 1. The van der Waals surface area contributed by atoms with Crippen molar-refractivity contribution in [1.29, 1.82) is 0 Å². The van der Waals surface area contributed by atoms with Crippen LogP contribution in [0, 0.1) is 11.8 Å². The van der Waals surface area contributed by atoms with Crippen LogP contribution in [0.1, 0.15) is 27.9 Å². The van der Waals surface area contributed by atoms with E-state index in [9.17, 15) is 39.2 Å². The highest BCUT2D eigenvalue weighted by Gasteiger charge is 2.63. The third-order valence-corrected chi connectivity index (χ3v) is 8.17. The fraction of sp³-hybridized carbons (Fsp3) is 0.519. The zero-order chi connectivity index (χ0) is 29.1. The third-order valence-electron chi connectivity index (χ3n) is 8.17. The van der Waals surface area contributed by atoms with Crippen LogP contribution in [0.25, 0.3) is 0 Å². The van der Waals surface area contributed by atoms with Gasteiger partial charge in [-0.3, -0.25) is 24.2 Å². The van der Waals surface area contributed by atoms with Gasteiger partial charge in [-0.25, -0.2) is 4.39 Å². The molecule has 0 aliphatic heterocycles. The van der Waals surface area contributed by atoms with E-state index in [1.807, 2.05) is 0 Å². The van der Waals surface area contributed by atoms with Crippen molar-refractivity contribution in [1.82, 2.24) is 9.80 Å². The molecule has 1 amide bonds. The summed E-state index contributed by atoms with van der Waals surface area (Å²) in [4.78, 5) is 44.4. The maximum atomic E-state index is 14.0. The molecular weight excluding hydrogens is 511 g/mol. The summed E-state index contributed by atoms with van der Waals surface area (Å²) in [6.45, 7) is -0.336. The van der Waals surface area contributed by atoms with E-state index in [1.54, 1.807) is 51.1 Å². The number of aliphatic hydroxyl groups is 3. The number of aliphatic hydroxyl groups excluding tert-OH is 2. The lowest BCUT2D eigenvalue weighted by atomic mass is 9.58. The van der Waals surface area contributed by atoms with Crippen LogP contribution in [0.2, 0.25) is 0 Å². The highest BCUT2D eigenvalue weighted by Crippen LogP contribution is 2.53. The van der Waals surface area contributed by atoms with Gasteiger partial charge in [-0.15, -0.1) is 0 Å². The van der Waals surface area contributed by atoms with Crippen LogP contribution in [0.4, 0.5) is 10.1 Å². The number of Topliss-reactive ketones (excluding diaryl/α,β-unsaturated/α-hetero) is 2. The zero-order valence-corrected chi connectivity index (χ0v) is 22.7. The Morgan fingerprint density at radius 3 is 2.33 bits per heavy atom. The molecule has 1 aromatic rings. The van der Waals surface area contributed by atoms with Gasteiger partial charge in [0.05, 0.1) is 11.6 Å². The molecule has 3 aliphatic carbocycles. The number of carbonyl (C=O) groups excluding carboxylic acids is 3. The number of fused-ring (bicyclic) bond motifs is 3. The number of benzene rings is 1. The first-order valence-electron chi connectivity index (χ1n) is 12.6. The Bertz CT molecular complexity index is 1320. The van der Waals surface area contributed by atoms with Gasteiger partial charge in [0.25, 0.3) is 5.91 Å². The highest BCUT2D eigenvalue weighted by molar-refractivity contribution is 6.24. The van der Waals surface area contributed by atoms with Gasteiger partial charge < -0.3 is 31.1 Å². The van der Waals surface area contributed by atoms with Crippen LogP contribution in [-0.4, -0.2) is 108 Å². The monoisotopic (exact) mass is 546 g/mol. The Morgan fingerprint density at radius 2 is 1.79 bits per heavy atom. The smallest absolute Gasteiger partial charge is 0.255 e. The van der Waals surface area contributed by atoms with Gasteiger partial charge in [-0.2, -0.15) is 0 Å². The molecule has 0 saturated heterocycles. The lowest BCUT2D eigenvalue weighted by molar-refractivity contribution is -0.148. The normalized spacial score (nSPS) is 26.6. The SMILES string of the molecule is CN(CCF)Cc1cc(N(C)C)c2c(c1O)C(=O)C1=C(O)[C@]3(O)C(=O)C(C(N)=O)=C(O)[C@@H](N(C)C)[C@@H]3C[C@@H]1C2. The molecule has 0 aromatic heterocycles. The molecule has 0 heterocycles. The topological polar surface area (TPSA) is 168 Å². The van der Waals surface area contributed by atoms with E-state index in [2.05, 4.69) is 0 Å². The van der Waals surface area contributed by atoms with Crippen molar-refractivity contribution in [3.8, 4) is 5.75 Å². The van der Waals surface area contributed by atoms with Crippen molar-refractivity contribution in [2.24, 2.45) is 17.6 Å². The molecule has 11 nitrogen and oxygen atoms in total. The summed E-state index contributed by atoms with van der Waals surface area (Å²) in [7, 11) is 8.40. The standard InChI is InChI=1S/C27H35FN4O7/c1-30(2)16-10-13(11-32(5)7-6-28)21(33)18-14(16)8-12-9-15-20(31(3)4)23(35)19(26(29)38)25(37)27(15,39)24(36)17(12)22(18)34/h10,12,15,20,33,35-36,39H,6-9,11H2,1-5H3,(H2,29,38)/t12-,15-,20-,27-/m0/s1. The number of halogens is 1. The first-order valence-corrected chi connectivity index (χ1v) is 12.6. The van der Waals surface area contributed by atoms with Gasteiger partial charge in [-0.05, 0) is 51.5 Å². The van der Waals surface area contributed by atoms with Gasteiger partial charge in [0.2, 0.25) is 5.78 Å². The predicted molar refractivity (Wildman–Crippen MR) is 140 cm³/mol. The van der Waals surface area contributed by atoms with Crippen molar-refractivity contribution in [3.05, 3.63) is 45.4 Å². The van der Waals surface area contributed by atoms with Crippen LogP contribution >= 0.6 is 0 Å². The molecule has 0 fully saturated rings. The number of hydrogen-bond donors (Lipinski definition) is 5. The Hall–Kier alpha value is -3.48. The number of primary amides is 1. The molecule has 39 heavy (non-hydrogen) atoms. The van der Waals surface area contributed by atoms with E-state index in [0.29, 0.717) is 16.8 Å². The summed E-state index contributed by atoms with van der Waals surface area (Å²) in [5, 5.41) is 45.2. The number of alkyl halides is 1. The number of nitrogens with zero attached hydrogens (tertiary/aromatic N) is 3. The molecule has 0 saturated carbocycles. The Balaban J connectivity index is 1.94. The fourth-order valence-electron chi connectivity index (χ4n) is 6.39. The number of phenols is 1. The van der Waals surface area contributed by atoms with Crippen molar-refractivity contribution in [2.45, 2.75) is 31.0 Å². The van der Waals surface area contributed by atoms with Crippen LogP contribution in [0.5, 0.6) is 5.75 Å². The second kappa shape index (κ2) is 9.92. The molecule has 212 valence electrons. The van der Waals surface area contributed by atoms with Gasteiger partial charge in [0.1, 0.15) is 29.5 Å². The molecule has 12 heteroatoms. The number of allylic oxidation sites excluding steroid dienone is 1. The van der Waals surface area contributed by atoms with Crippen molar-refractivity contribution in [3.63, 3.8) is 0 Å². The second-order valence-electron chi connectivity index (χ2n) is 11.0. The maximum absolute atomic E-state index is 14.0. The van der Waals surface area contributed by atoms with E-state index in [0.717, 1.165) is 0 Å². The van der Waals surface area contributed by atoms with E-state index < -0.39 is 64.7 Å². The number of anilines is 1. The zero-order valence-electron chi connectivity index (χ0n) is 22.7. The van der Waals surface area contributed by atoms with E-state index >= 15 is 0 Å². The highest BCUT2D eigenvalue weighted by atomic mass is 19.1. The third kappa shape index (κ3) is 4.17. The summed E-state index contributed by atoms with van der Waals surface area (Å²) >= 11 is 0. The first-order chi connectivity index (χ1) is 18.2. The number of amides is 1. The summed E-state index contributed by atoms with van der Waals surface area (Å²) < 4.78 is 12.9. The number of hydrogen-bond acceptors (Lipinski definition) is 10. The van der Waals surface area contributed by atoms with Crippen molar-refractivity contribution >= 4 is 23.2 Å². The lowest BCUT2D eigenvalue weighted by Crippen LogP contribution is -2.63. The minimum atomic E-state index is -2.69. The minimum absolute atomic E-state index is 0.0143. The Morgan fingerprint density at radius 1 is 1.15 bits per heavy atom. The molecule has 6 N–H and O–H groups in total. The summed E-state index contributed by atoms with van der Waals surface area (Å²) in [5.41, 5.74) is 3.11. The number of aromatic hydroxyl groups is 1. The summed E-state index contributed by atoms with van der Waals surface area (Å²) in [5.74, 6) is -6.90. The predicted octanol–water partition coefficient (Wildman–Crippen LogP) is 0.588. The summed E-state index contributed by atoms with van der Waals surface area (Å²) in [6.07, 6.45) is 0.205. The van der Waals surface area contributed by atoms with Crippen molar-refractivity contribution in [2.75, 3.05) is 53.4 Å². The van der Waals surface area contributed by atoms with E-state index in [-0.39, 0.29) is 42.8 Å². The average Bonchev–Trinajstić information content (AvgIpc) is 2.82. The largest absolute Gasteiger partial charge is 0.510 e. The summed E-state index contributed by atoms with van der Waals surface area (Å²) in [6, 6.07) is 0.690. The molecule has 1 aromatic carbocycles. The van der Waals surface area contributed by atoms with Gasteiger partial charge in [-0.1, -0.05) is 0 Å². The quantitative estimate of drug-likeness (QED) is 0.305. The lowest BCUT2D eigenvalue weighted by Gasteiger charge is -2.50. The Kier molecular flexibility index (Phi) is 7.26. The maximum Gasteiger partial charge on any atom is 0.255 e. The van der Waals surface area contributed by atoms with Crippen molar-refractivity contribution < 1.29 is 39.2 Å². The van der Waals surface area contributed by atoms with Crippen LogP contribution in [0.3, 0.4) is 0 Å². The van der Waals surface area contributed by atoms with Gasteiger partial charge in [0, 0.05) is 49.9 Å². The number of rotatable bonds is 7. The molecular formula is C27H35FN4O7. The number of carbonyl (C=O) groups is 3. The Labute approximate surface area is 225 Å². The number of nitrogens with two attached hydrogens (primary N) is 1. The van der Waals surface area contributed by atoms with Gasteiger partial charge in [0.15, 0.2) is 11.4 Å². The number of ketones is 2. The number of likely N-dealkylation sites (N-methyl/N-ethyl adjacent to an activating group) is 1. The van der Waals surface area contributed by atoms with E-state index in [1.165, 1.54) is 4.90 Å². The van der Waals surface area contributed by atoms with E-state index in [4.69, 9.17) is 5.73 Å². The molecule has 0 unspecified atom stereocenters. The fourth-order valence-corrected chi connectivity index (χ4v) is 6.39. The van der Waals surface area contributed by atoms with Gasteiger partial charge >= 0.3 is 0 Å². The molecule has 3 aliphatic rings. The molecule has 4 atom stereocenters. The molecule has 0 bridgehead atoms. The van der Waals surface area contributed by atoms with Crippen LogP contribution in [-0.2, 0) is 22.6 Å².